The molecule has 1 aliphatic rings. The second-order valence-electron chi connectivity index (χ2n) is 4.55. The summed E-state index contributed by atoms with van der Waals surface area (Å²) in [5.41, 5.74) is 0.915. The topological polar surface area (TPSA) is 41.6 Å². The molecule has 0 bridgehead atoms. The highest BCUT2D eigenvalue weighted by atomic mass is 16.5. The zero-order chi connectivity index (χ0) is 13.0. The van der Waals surface area contributed by atoms with E-state index in [2.05, 4.69) is 5.32 Å². The van der Waals surface area contributed by atoms with Crippen molar-refractivity contribution in [2.45, 2.75) is 25.8 Å². The monoisotopic (exact) mass is 248 g/mol. The molecular formula is C14H20N2O2. The molecule has 1 amide bonds. The molecule has 1 saturated carbocycles. The molecule has 0 radical (unpaired) electrons. The van der Waals surface area contributed by atoms with E-state index in [9.17, 15) is 4.79 Å². The maximum absolute atomic E-state index is 11.8. The molecule has 1 aromatic carbocycles. The zero-order valence-corrected chi connectivity index (χ0v) is 11.0. The lowest BCUT2D eigenvalue weighted by molar-refractivity contribution is -0.128. The van der Waals surface area contributed by atoms with Gasteiger partial charge in [0.1, 0.15) is 5.75 Å². The van der Waals surface area contributed by atoms with E-state index < -0.39 is 0 Å². The Morgan fingerprint density at radius 2 is 2.28 bits per heavy atom. The van der Waals surface area contributed by atoms with Crippen molar-refractivity contribution in [1.29, 1.82) is 0 Å². The third-order valence-electron chi connectivity index (χ3n) is 3.08. The van der Waals surface area contributed by atoms with Crippen molar-refractivity contribution in [2.24, 2.45) is 0 Å². The lowest BCUT2D eigenvalue weighted by Gasteiger charge is -2.17. The van der Waals surface area contributed by atoms with Crippen LogP contribution in [0.15, 0.2) is 24.3 Å². The van der Waals surface area contributed by atoms with Crippen LogP contribution >= 0.6 is 0 Å². The number of carbonyl (C=O) groups excluding carboxylic acids is 1. The average Bonchev–Trinajstić information content (AvgIpc) is 3.20. The van der Waals surface area contributed by atoms with Crippen LogP contribution in [0.25, 0.3) is 0 Å². The number of benzene rings is 1. The number of nitrogens with one attached hydrogen (secondary N) is 1. The number of hydrogen-bond donors (Lipinski definition) is 1. The summed E-state index contributed by atoms with van der Waals surface area (Å²) in [5, 5.41) is 3.14. The smallest absolute Gasteiger partial charge is 0.241 e. The normalized spacial score (nSPS) is 14.1. The highest BCUT2D eigenvalue weighted by Gasteiger charge is 2.29. The molecule has 0 saturated heterocycles. The van der Waals surface area contributed by atoms with Crippen molar-refractivity contribution in [1.82, 2.24) is 4.90 Å². The Kier molecular flexibility index (Phi) is 4.07. The first kappa shape index (κ1) is 12.7. The van der Waals surface area contributed by atoms with Crippen LogP contribution in [0.2, 0.25) is 0 Å². The summed E-state index contributed by atoms with van der Waals surface area (Å²) in [7, 11) is 1.87. The van der Waals surface area contributed by atoms with E-state index in [1.807, 2.05) is 43.1 Å². The van der Waals surface area contributed by atoms with E-state index in [1.165, 1.54) is 0 Å². The van der Waals surface area contributed by atoms with Crippen molar-refractivity contribution in [2.75, 3.05) is 25.5 Å². The minimum absolute atomic E-state index is 0.138. The number of hydrogen-bond acceptors (Lipinski definition) is 3. The van der Waals surface area contributed by atoms with Crippen molar-refractivity contribution in [3.63, 3.8) is 0 Å². The molecule has 98 valence electrons. The van der Waals surface area contributed by atoms with E-state index in [0.717, 1.165) is 24.3 Å². The molecule has 1 aromatic rings. The standard InChI is InChI=1S/C14H20N2O2/c1-3-18-13-6-4-5-11(9-13)15-10-14(17)16(2)12-7-8-12/h4-6,9,12,15H,3,7-8,10H2,1-2H3. The Morgan fingerprint density at radius 1 is 1.50 bits per heavy atom. The molecule has 0 aliphatic heterocycles. The van der Waals surface area contributed by atoms with Gasteiger partial charge in [0.15, 0.2) is 0 Å². The van der Waals surface area contributed by atoms with Crippen LogP contribution in [0, 0.1) is 0 Å². The summed E-state index contributed by atoms with van der Waals surface area (Å²) in [6, 6.07) is 8.14. The molecule has 0 aromatic heterocycles. The Balaban J connectivity index is 1.85. The van der Waals surface area contributed by atoms with Gasteiger partial charge < -0.3 is 15.0 Å². The summed E-state index contributed by atoms with van der Waals surface area (Å²) < 4.78 is 5.41. The van der Waals surface area contributed by atoms with Crippen LogP contribution in [0.1, 0.15) is 19.8 Å². The van der Waals surface area contributed by atoms with E-state index in [0.29, 0.717) is 19.2 Å². The number of ether oxygens (including phenoxy) is 1. The number of likely N-dealkylation sites (N-methyl/N-ethyl adjacent to an activating group) is 1. The van der Waals surface area contributed by atoms with Crippen LogP contribution in [0.5, 0.6) is 5.75 Å². The number of rotatable bonds is 6. The van der Waals surface area contributed by atoms with E-state index >= 15 is 0 Å². The van der Waals surface area contributed by atoms with E-state index in [4.69, 9.17) is 4.74 Å². The maximum Gasteiger partial charge on any atom is 0.241 e. The largest absolute Gasteiger partial charge is 0.494 e. The predicted octanol–water partition coefficient (Wildman–Crippen LogP) is 2.12. The Bertz CT molecular complexity index is 416. The van der Waals surface area contributed by atoms with Gasteiger partial charge in [-0.05, 0) is 31.9 Å². The molecule has 4 nitrogen and oxygen atoms in total. The van der Waals surface area contributed by atoms with Gasteiger partial charge in [0.2, 0.25) is 5.91 Å². The van der Waals surface area contributed by atoms with Crippen molar-refractivity contribution in [3.8, 4) is 5.75 Å². The molecule has 18 heavy (non-hydrogen) atoms. The second kappa shape index (κ2) is 5.76. The SMILES string of the molecule is CCOc1cccc(NCC(=O)N(C)C2CC2)c1. The number of nitrogens with zero attached hydrogens (tertiary/aromatic N) is 1. The molecule has 1 aliphatic carbocycles. The van der Waals surface area contributed by atoms with Gasteiger partial charge in [0.05, 0.1) is 13.2 Å². The number of anilines is 1. The summed E-state index contributed by atoms with van der Waals surface area (Å²) in [6.45, 7) is 2.93. The first-order valence-electron chi connectivity index (χ1n) is 6.43. The molecule has 0 spiro atoms. The van der Waals surface area contributed by atoms with Gasteiger partial charge in [-0.2, -0.15) is 0 Å². The van der Waals surface area contributed by atoms with Gasteiger partial charge in [-0.1, -0.05) is 6.07 Å². The molecular weight excluding hydrogens is 228 g/mol. The number of amides is 1. The average molecular weight is 248 g/mol. The van der Waals surface area contributed by atoms with Crippen LogP contribution in [-0.2, 0) is 4.79 Å². The van der Waals surface area contributed by atoms with Crippen LogP contribution < -0.4 is 10.1 Å². The summed E-state index contributed by atoms with van der Waals surface area (Å²) in [6.07, 6.45) is 2.28. The summed E-state index contributed by atoms with van der Waals surface area (Å²) >= 11 is 0. The molecule has 1 N–H and O–H groups in total. The van der Waals surface area contributed by atoms with Gasteiger partial charge in [-0.3, -0.25) is 4.79 Å². The molecule has 0 atom stereocenters. The van der Waals surface area contributed by atoms with Crippen molar-refractivity contribution in [3.05, 3.63) is 24.3 Å². The maximum atomic E-state index is 11.8. The first-order chi connectivity index (χ1) is 8.70. The lowest BCUT2D eigenvalue weighted by Crippen LogP contribution is -2.33. The van der Waals surface area contributed by atoms with Crippen LogP contribution in [-0.4, -0.2) is 37.0 Å². The quantitative estimate of drug-likeness (QED) is 0.838. The Morgan fingerprint density at radius 3 is 2.94 bits per heavy atom. The predicted molar refractivity (Wildman–Crippen MR) is 71.9 cm³/mol. The highest BCUT2D eigenvalue weighted by molar-refractivity contribution is 5.81. The first-order valence-corrected chi connectivity index (χ1v) is 6.43. The molecule has 4 heteroatoms. The van der Waals surface area contributed by atoms with E-state index in [1.54, 1.807) is 0 Å². The summed E-state index contributed by atoms with van der Waals surface area (Å²) in [4.78, 5) is 13.7. The molecule has 0 unspecified atom stereocenters. The minimum Gasteiger partial charge on any atom is -0.494 e. The lowest BCUT2D eigenvalue weighted by atomic mass is 10.3. The van der Waals surface area contributed by atoms with E-state index in [-0.39, 0.29) is 5.91 Å². The fraction of sp³-hybridized carbons (Fsp3) is 0.500. The van der Waals surface area contributed by atoms with Crippen molar-refractivity contribution < 1.29 is 9.53 Å². The highest BCUT2D eigenvalue weighted by Crippen LogP contribution is 2.25. The number of carbonyl (C=O) groups is 1. The Labute approximate surface area is 108 Å². The Hall–Kier alpha value is -1.71. The molecule has 2 rings (SSSR count). The van der Waals surface area contributed by atoms with Gasteiger partial charge in [0.25, 0.3) is 0 Å². The third-order valence-corrected chi connectivity index (χ3v) is 3.08. The zero-order valence-electron chi connectivity index (χ0n) is 11.0. The third kappa shape index (κ3) is 3.39. The molecule has 1 fully saturated rings. The van der Waals surface area contributed by atoms with Crippen LogP contribution in [0.3, 0.4) is 0 Å². The van der Waals surface area contributed by atoms with Gasteiger partial charge in [0, 0.05) is 24.8 Å². The summed E-state index contributed by atoms with van der Waals surface area (Å²) in [5.74, 6) is 0.963. The second-order valence-corrected chi connectivity index (χ2v) is 4.55. The van der Waals surface area contributed by atoms with Crippen LogP contribution in [0.4, 0.5) is 5.69 Å². The molecule has 0 heterocycles. The fourth-order valence-electron chi connectivity index (χ4n) is 1.83. The van der Waals surface area contributed by atoms with Gasteiger partial charge in [-0.25, -0.2) is 0 Å². The fourth-order valence-corrected chi connectivity index (χ4v) is 1.83. The van der Waals surface area contributed by atoms with Gasteiger partial charge in [-0.15, -0.1) is 0 Å². The van der Waals surface area contributed by atoms with Crippen molar-refractivity contribution >= 4 is 11.6 Å². The minimum atomic E-state index is 0.138. The van der Waals surface area contributed by atoms with Gasteiger partial charge >= 0.3 is 0 Å².